The van der Waals surface area contributed by atoms with Crippen LogP contribution in [0.1, 0.15) is 38.7 Å². The van der Waals surface area contributed by atoms with Gasteiger partial charge >= 0.3 is 0 Å². The van der Waals surface area contributed by atoms with Gasteiger partial charge in [0.1, 0.15) is 0 Å². The van der Waals surface area contributed by atoms with E-state index in [1.165, 1.54) is 24.8 Å². The fourth-order valence-electron chi connectivity index (χ4n) is 2.51. The maximum absolute atomic E-state index is 5.66. The number of nitrogen functional groups attached to an aromatic ring is 1. The fraction of sp³-hybridized carbons (Fsp3) is 0.571. The molecule has 1 aromatic carbocycles. The smallest absolute Gasteiger partial charge is 0.0314 e. The van der Waals surface area contributed by atoms with Gasteiger partial charge < -0.3 is 11.1 Å². The van der Waals surface area contributed by atoms with Crippen molar-refractivity contribution < 1.29 is 0 Å². The first-order valence-electron chi connectivity index (χ1n) is 6.13. The molecule has 0 bridgehead atoms. The average molecular weight is 218 g/mol. The minimum atomic E-state index is 0.527. The monoisotopic (exact) mass is 218 g/mol. The molecular formula is C14H22N2. The van der Waals surface area contributed by atoms with Gasteiger partial charge in [0.2, 0.25) is 0 Å². The van der Waals surface area contributed by atoms with Crippen molar-refractivity contribution >= 4 is 5.69 Å². The number of nitrogens with two attached hydrogens (primary N) is 1. The Labute approximate surface area is 98.2 Å². The first-order chi connectivity index (χ1) is 7.55. The fourth-order valence-corrected chi connectivity index (χ4v) is 2.51. The van der Waals surface area contributed by atoms with Crippen LogP contribution < -0.4 is 11.1 Å². The standard InChI is InChI=1S/C14H22N2/c1-14(2)8-7-13(9-14)16-10-11-3-5-12(15)6-4-11/h3-6,13,16H,7-10,15H2,1-2H3. The zero-order valence-corrected chi connectivity index (χ0v) is 10.3. The Kier molecular flexibility index (Phi) is 3.20. The normalized spacial score (nSPS) is 23.5. The molecule has 0 heterocycles. The Hall–Kier alpha value is -1.02. The molecule has 1 aromatic rings. The van der Waals surface area contributed by atoms with E-state index in [4.69, 9.17) is 5.73 Å². The molecule has 1 aliphatic carbocycles. The van der Waals surface area contributed by atoms with Crippen molar-refractivity contribution in [2.45, 2.75) is 45.7 Å². The van der Waals surface area contributed by atoms with E-state index in [2.05, 4.69) is 31.3 Å². The predicted molar refractivity (Wildman–Crippen MR) is 69.1 cm³/mol. The van der Waals surface area contributed by atoms with Crippen LogP contribution in [0.25, 0.3) is 0 Å². The quantitative estimate of drug-likeness (QED) is 0.765. The van der Waals surface area contributed by atoms with Gasteiger partial charge in [-0.25, -0.2) is 0 Å². The number of hydrogen-bond acceptors (Lipinski definition) is 2. The number of nitrogens with one attached hydrogen (secondary N) is 1. The zero-order valence-electron chi connectivity index (χ0n) is 10.3. The van der Waals surface area contributed by atoms with Crippen LogP contribution >= 0.6 is 0 Å². The molecule has 0 spiro atoms. The van der Waals surface area contributed by atoms with E-state index >= 15 is 0 Å². The van der Waals surface area contributed by atoms with Crippen LogP contribution in [0.4, 0.5) is 5.69 Å². The highest BCUT2D eigenvalue weighted by atomic mass is 14.9. The van der Waals surface area contributed by atoms with Crippen LogP contribution in [0, 0.1) is 5.41 Å². The Balaban J connectivity index is 1.82. The summed E-state index contributed by atoms with van der Waals surface area (Å²) in [7, 11) is 0. The largest absolute Gasteiger partial charge is 0.399 e. The predicted octanol–water partition coefficient (Wildman–Crippen LogP) is 2.94. The number of benzene rings is 1. The number of hydrogen-bond donors (Lipinski definition) is 2. The average Bonchev–Trinajstić information content (AvgIpc) is 2.58. The van der Waals surface area contributed by atoms with Crippen molar-refractivity contribution in [2.75, 3.05) is 5.73 Å². The van der Waals surface area contributed by atoms with Gasteiger partial charge in [0.05, 0.1) is 0 Å². The van der Waals surface area contributed by atoms with Gasteiger partial charge in [-0.3, -0.25) is 0 Å². The summed E-state index contributed by atoms with van der Waals surface area (Å²) in [5, 5.41) is 3.63. The van der Waals surface area contributed by atoms with Gasteiger partial charge in [-0.1, -0.05) is 26.0 Å². The second-order valence-electron chi connectivity index (χ2n) is 5.73. The topological polar surface area (TPSA) is 38.0 Å². The Bertz CT molecular complexity index is 340. The molecule has 2 heteroatoms. The third-order valence-electron chi connectivity index (χ3n) is 3.54. The van der Waals surface area contributed by atoms with Gasteiger partial charge in [0.25, 0.3) is 0 Å². The van der Waals surface area contributed by atoms with Crippen molar-refractivity contribution in [3.8, 4) is 0 Å². The number of rotatable bonds is 3. The molecule has 16 heavy (non-hydrogen) atoms. The van der Waals surface area contributed by atoms with Gasteiger partial charge in [-0.15, -0.1) is 0 Å². The van der Waals surface area contributed by atoms with Crippen molar-refractivity contribution in [3.63, 3.8) is 0 Å². The summed E-state index contributed by atoms with van der Waals surface area (Å²) >= 11 is 0. The first-order valence-corrected chi connectivity index (χ1v) is 6.13. The molecule has 0 amide bonds. The lowest BCUT2D eigenvalue weighted by Crippen LogP contribution is -2.26. The third-order valence-corrected chi connectivity index (χ3v) is 3.54. The summed E-state index contributed by atoms with van der Waals surface area (Å²) in [5.74, 6) is 0. The summed E-state index contributed by atoms with van der Waals surface area (Å²) in [6, 6.07) is 8.82. The molecule has 0 aromatic heterocycles. The van der Waals surface area contributed by atoms with Crippen molar-refractivity contribution in [3.05, 3.63) is 29.8 Å². The molecule has 2 nitrogen and oxygen atoms in total. The summed E-state index contributed by atoms with van der Waals surface area (Å²) in [5.41, 5.74) is 8.34. The molecule has 1 fully saturated rings. The molecule has 3 N–H and O–H groups in total. The van der Waals surface area contributed by atoms with E-state index in [0.29, 0.717) is 11.5 Å². The molecule has 0 aliphatic heterocycles. The molecule has 1 saturated carbocycles. The SMILES string of the molecule is CC1(C)CCC(NCc2ccc(N)cc2)C1. The van der Waals surface area contributed by atoms with Gasteiger partial charge in [-0.2, -0.15) is 0 Å². The van der Waals surface area contributed by atoms with Gasteiger partial charge in [0, 0.05) is 18.3 Å². The molecule has 88 valence electrons. The van der Waals surface area contributed by atoms with Crippen LogP contribution in [0.15, 0.2) is 24.3 Å². The highest BCUT2D eigenvalue weighted by Gasteiger charge is 2.30. The van der Waals surface area contributed by atoms with Crippen LogP contribution in [0.5, 0.6) is 0 Å². The lowest BCUT2D eigenvalue weighted by atomic mass is 9.92. The Morgan fingerprint density at radius 2 is 2.00 bits per heavy atom. The van der Waals surface area contributed by atoms with E-state index < -0.39 is 0 Å². The second-order valence-corrected chi connectivity index (χ2v) is 5.73. The van der Waals surface area contributed by atoms with Crippen molar-refractivity contribution in [2.24, 2.45) is 5.41 Å². The maximum atomic E-state index is 5.66. The molecule has 1 unspecified atom stereocenters. The Morgan fingerprint density at radius 3 is 2.56 bits per heavy atom. The minimum absolute atomic E-state index is 0.527. The van der Waals surface area contributed by atoms with Crippen LogP contribution in [-0.4, -0.2) is 6.04 Å². The molecular weight excluding hydrogens is 196 g/mol. The molecule has 1 aliphatic rings. The highest BCUT2D eigenvalue weighted by Crippen LogP contribution is 2.36. The lowest BCUT2D eigenvalue weighted by Gasteiger charge is -2.18. The molecule has 0 saturated heterocycles. The molecule has 0 radical (unpaired) electrons. The van der Waals surface area contributed by atoms with Crippen LogP contribution in [0.3, 0.4) is 0 Å². The minimum Gasteiger partial charge on any atom is -0.399 e. The summed E-state index contributed by atoms with van der Waals surface area (Å²) < 4.78 is 0. The van der Waals surface area contributed by atoms with E-state index in [0.717, 1.165) is 12.2 Å². The zero-order chi connectivity index (χ0) is 11.6. The first kappa shape index (κ1) is 11.5. The van der Waals surface area contributed by atoms with Gasteiger partial charge in [0.15, 0.2) is 0 Å². The summed E-state index contributed by atoms with van der Waals surface area (Å²) in [6.07, 6.45) is 3.94. The van der Waals surface area contributed by atoms with Crippen molar-refractivity contribution in [1.29, 1.82) is 0 Å². The van der Waals surface area contributed by atoms with E-state index in [1.807, 2.05) is 12.1 Å². The summed E-state index contributed by atoms with van der Waals surface area (Å²) in [6.45, 7) is 5.68. The molecule has 2 rings (SSSR count). The summed E-state index contributed by atoms with van der Waals surface area (Å²) in [4.78, 5) is 0. The second kappa shape index (κ2) is 4.46. The van der Waals surface area contributed by atoms with Crippen molar-refractivity contribution in [1.82, 2.24) is 5.32 Å². The van der Waals surface area contributed by atoms with Crippen LogP contribution in [-0.2, 0) is 6.54 Å². The van der Waals surface area contributed by atoms with E-state index in [-0.39, 0.29) is 0 Å². The highest BCUT2D eigenvalue weighted by molar-refractivity contribution is 5.39. The maximum Gasteiger partial charge on any atom is 0.0314 e. The Morgan fingerprint density at radius 1 is 1.31 bits per heavy atom. The van der Waals surface area contributed by atoms with E-state index in [9.17, 15) is 0 Å². The van der Waals surface area contributed by atoms with Crippen LogP contribution in [0.2, 0.25) is 0 Å². The third kappa shape index (κ3) is 2.99. The number of anilines is 1. The molecule has 1 atom stereocenters. The lowest BCUT2D eigenvalue weighted by molar-refractivity contribution is 0.364. The van der Waals surface area contributed by atoms with Gasteiger partial charge in [-0.05, 0) is 42.4 Å². The van der Waals surface area contributed by atoms with E-state index in [1.54, 1.807) is 0 Å².